The highest BCUT2D eigenvalue weighted by molar-refractivity contribution is 4.95. The standard InChI is InChI=1S/C12H27NO/c1-5-8-12(14,9-6-2)11(4,7-3)10-13/h14H,5-10,13H2,1-4H3. The van der Waals surface area contributed by atoms with Crippen LogP contribution in [0.2, 0.25) is 0 Å². The summed E-state index contributed by atoms with van der Waals surface area (Å²) in [6, 6.07) is 0. The summed E-state index contributed by atoms with van der Waals surface area (Å²) < 4.78 is 0. The van der Waals surface area contributed by atoms with Crippen LogP contribution in [0.15, 0.2) is 0 Å². The van der Waals surface area contributed by atoms with Gasteiger partial charge in [-0.1, -0.05) is 40.5 Å². The number of aliphatic hydroxyl groups is 1. The second kappa shape index (κ2) is 5.72. The van der Waals surface area contributed by atoms with Crippen LogP contribution in [-0.4, -0.2) is 17.3 Å². The molecule has 14 heavy (non-hydrogen) atoms. The van der Waals surface area contributed by atoms with Gasteiger partial charge in [-0.05, 0) is 19.3 Å². The molecule has 0 aliphatic heterocycles. The van der Waals surface area contributed by atoms with Crippen molar-refractivity contribution < 1.29 is 5.11 Å². The Morgan fingerprint density at radius 3 is 1.71 bits per heavy atom. The summed E-state index contributed by atoms with van der Waals surface area (Å²) in [5.74, 6) is 0. The molecule has 1 atom stereocenters. The predicted octanol–water partition coefficient (Wildman–Crippen LogP) is 2.69. The van der Waals surface area contributed by atoms with Crippen LogP contribution in [0.4, 0.5) is 0 Å². The molecule has 0 fully saturated rings. The lowest BCUT2D eigenvalue weighted by Crippen LogP contribution is -2.50. The molecule has 0 rings (SSSR count). The molecule has 0 aromatic heterocycles. The fourth-order valence-corrected chi connectivity index (χ4v) is 2.22. The maximum absolute atomic E-state index is 10.7. The van der Waals surface area contributed by atoms with Crippen LogP contribution in [0, 0.1) is 5.41 Å². The van der Waals surface area contributed by atoms with Crippen molar-refractivity contribution in [2.75, 3.05) is 6.54 Å². The highest BCUT2D eigenvalue weighted by Crippen LogP contribution is 2.40. The summed E-state index contributed by atoms with van der Waals surface area (Å²) in [5.41, 5.74) is 5.11. The van der Waals surface area contributed by atoms with E-state index in [9.17, 15) is 5.11 Å². The van der Waals surface area contributed by atoms with E-state index in [-0.39, 0.29) is 5.41 Å². The average Bonchev–Trinajstić information content (AvgIpc) is 2.17. The van der Waals surface area contributed by atoms with Crippen LogP contribution >= 0.6 is 0 Å². The first-order valence-corrected chi connectivity index (χ1v) is 5.92. The molecule has 0 saturated heterocycles. The van der Waals surface area contributed by atoms with Gasteiger partial charge in [-0.2, -0.15) is 0 Å². The van der Waals surface area contributed by atoms with Crippen LogP contribution in [0.1, 0.15) is 59.8 Å². The minimum atomic E-state index is -0.569. The second-order valence-electron chi connectivity index (χ2n) is 4.65. The lowest BCUT2D eigenvalue weighted by molar-refractivity contribution is -0.0873. The monoisotopic (exact) mass is 201 g/mol. The lowest BCUT2D eigenvalue weighted by Gasteiger charge is -2.44. The molecule has 0 spiro atoms. The SMILES string of the molecule is CCCC(O)(CCC)C(C)(CC)CN. The number of hydrogen-bond donors (Lipinski definition) is 2. The molecule has 86 valence electrons. The summed E-state index contributed by atoms with van der Waals surface area (Å²) in [5, 5.41) is 10.7. The molecule has 2 nitrogen and oxygen atoms in total. The molecule has 0 aliphatic carbocycles. The molecule has 3 N–H and O–H groups in total. The Morgan fingerprint density at radius 2 is 1.50 bits per heavy atom. The molecule has 0 bridgehead atoms. The Labute approximate surface area is 88.9 Å². The van der Waals surface area contributed by atoms with Gasteiger partial charge in [-0.25, -0.2) is 0 Å². The zero-order chi connectivity index (χ0) is 11.2. The summed E-state index contributed by atoms with van der Waals surface area (Å²) in [4.78, 5) is 0. The zero-order valence-electron chi connectivity index (χ0n) is 10.3. The highest BCUT2D eigenvalue weighted by Gasteiger charge is 2.42. The van der Waals surface area contributed by atoms with E-state index in [4.69, 9.17) is 5.73 Å². The summed E-state index contributed by atoms with van der Waals surface area (Å²) in [6.45, 7) is 9.03. The van der Waals surface area contributed by atoms with Gasteiger partial charge in [0.25, 0.3) is 0 Å². The highest BCUT2D eigenvalue weighted by atomic mass is 16.3. The average molecular weight is 201 g/mol. The predicted molar refractivity (Wildman–Crippen MR) is 62.2 cm³/mol. The third kappa shape index (κ3) is 2.71. The third-order valence-electron chi connectivity index (χ3n) is 3.68. The first kappa shape index (κ1) is 13.9. The smallest absolute Gasteiger partial charge is 0.0712 e. The second-order valence-corrected chi connectivity index (χ2v) is 4.65. The van der Waals surface area contributed by atoms with Crippen LogP contribution in [-0.2, 0) is 0 Å². The van der Waals surface area contributed by atoms with E-state index in [0.29, 0.717) is 6.54 Å². The first-order chi connectivity index (χ1) is 6.49. The van der Waals surface area contributed by atoms with Gasteiger partial charge in [0.05, 0.1) is 5.60 Å². The van der Waals surface area contributed by atoms with Gasteiger partial charge in [-0.3, -0.25) is 0 Å². The van der Waals surface area contributed by atoms with Crippen molar-refractivity contribution in [3.05, 3.63) is 0 Å². The van der Waals surface area contributed by atoms with Gasteiger partial charge < -0.3 is 10.8 Å². The van der Waals surface area contributed by atoms with Crippen LogP contribution in [0.25, 0.3) is 0 Å². The Bertz CT molecular complexity index is 146. The van der Waals surface area contributed by atoms with Crippen LogP contribution in [0.3, 0.4) is 0 Å². The van der Waals surface area contributed by atoms with Crippen molar-refractivity contribution in [1.82, 2.24) is 0 Å². The van der Waals surface area contributed by atoms with Crippen molar-refractivity contribution in [2.45, 2.75) is 65.4 Å². The molecule has 0 aliphatic rings. The maximum atomic E-state index is 10.7. The minimum Gasteiger partial charge on any atom is -0.389 e. The van der Waals surface area contributed by atoms with E-state index in [2.05, 4.69) is 27.7 Å². The summed E-state index contributed by atoms with van der Waals surface area (Å²) >= 11 is 0. The Morgan fingerprint density at radius 1 is 1.07 bits per heavy atom. The minimum absolute atomic E-state index is 0.126. The van der Waals surface area contributed by atoms with Crippen molar-refractivity contribution >= 4 is 0 Å². The van der Waals surface area contributed by atoms with Crippen LogP contribution < -0.4 is 5.73 Å². The zero-order valence-corrected chi connectivity index (χ0v) is 10.3. The van der Waals surface area contributed by atoms with Gasteiger partial charge in [0, 0.05) is 12.0 Å². The largest absolute Gasteiger partial charge is 0.389 e. The summed E-state index contributed by atoms with van der Waals surface area (Å²) in [7, 11) is 0. The van der Waals surface area contributed by atoms with Gasteiger partial charge >= 0.3 is 0 Å². The Hall–Kier alpha value is -0.0800. The van der Waals surface area contributed by atoms with Gasteiger partial charge in [0.1, 0.15) is 0 Å². The topological polar surface area (TPSA) is 46.2 Å². The first-order valence-electron chi connectivity index (χ1n) is 5.92. The Kier molecular flexibility index (Phi) is 5.68. The normalized spacial score (nSPS) is 16.7. The summed E-state index contributed by atoms with van der Waals surface area (Å²) in [6.07, 6.45) is 4.71. The maximum Gasteiger partial charge on any atom is 0.0712 e. The molecule has 0 aromatic carbocycles. The van der Waals surface area contributed by atoms with Crippen molar-refractivity contribution in [1.29, 1.82) is 0 Å². The molecule has 0 heterocycles. The van der Waals surface area contributed by atoms with E-state index in [1.807, 2.05) is 0 Å². The van der Waals surface area contributed by atoms with E-state index in [0.717, 1.165) is 32.1 Å². The fraction of sp³-hybridized carbons (Fsp3) is 1.00. The number of hydrogen-bond acceptors (Lipinski definition) is 2. The molecular weight excluding hydrogens is 174 g/mol. The molecule has 2 heteroatoms. The Balaban J connectivity index is 4.75. The molecular formula is C12H27NO. The van der Waals surface area contributed by atoms with E-state index < -0.39 is 5.60 Å². The van der Waals surface area contributed by atoms with E-state index >= 15 is 0 Å². The van der Waals surface area contributed by atoms with Gasteiger partial charge in [-0.15, -0.1) is 0 Å². The van der Waals surface area contributed by atoms with E-state index in [1.165, 1.54) is 0 Å². The van der Waals surface area contributed by atoms with Crippen LogP contribution in [0.5, 0.6) is 0 Å². The van der Waals surface area contributed by atoms with E-state index in [1.54, 1.807) is 0 Å². The molecule has 0 saturated carbocycles. The number of nitrogens with two attached hydrogens (primary N) is 1. The molecule has 0 amide bonds. The van der Waals surface area contributed by atoms with Crippen molar-refractivity contribution in [2.24, 2.45) is 11.1 Å². The molecule has 0 radical (unpaired) electrons. The van der Waals surface area contributed by atoms with Gasteiger partial charge in [0.2, 0.25) is 0 Å². The number of rotatable bonds is 7. The fourth-order valence-electron chi connectivity index (χ4n) is 2.22. The molecule has 0 aromatic rings. The third-order valence-corrected chi connectivity index (χ3v) is 3.68. The quantitative estimate of drug-likeness (QED) is 0.665. The van der Waals surface area contributed by atoms with Gasteiger partial charge in [0.15, 0.2) is 0 Å². The molecule has 1 unspecified atom stereocenters. The lowest BCUT2D eigenvalue weighted by atomic mass is 9.67. The van der Waals surface area contributed by atoms with Crippen molar-refractivity contribution in [3.63, 3.8) is 0 Å². The van der Waals surface area contributed by atoms with Crippen molar-refractivity contribution in [3.8, 4) is 0 Å².